The Morgan fingerprint density at radius 1 is 1.16 bits per heavy atom. The molecule has 0 fully saturated rings. The van der Waals surface area contributed by atoms with E-state index in [0.717, 1.165) is 49.0 Å². The topological polar surface area (TPSA) is 93.8 Å². The SMILES string of the molecule is Cc1noc(CCCN=C(NCCc2cccs2)Nc2ccc3c(c2)OCCCO3)n1.I. The molecular weight excluding hydrogens is 541 g/mol. The molecule has 0 radical (unpaired) electrons. The highest BCUT2D eigenvalue weighted by Crippen LogP contribution is 2.32. The van der Waals surface area contributed by atoms with Gasteiger partial charge in [-0.1, -0.05) is 11.2 Å². The summed E-state index contributed by atoms with van der Waals surface area (Å²) in [6, 6.07) is 10.1. The number of halogens is 1. The Balaban J connectivity index is 0.00000289. The molecule has 0 aliphatic carbocycles. The molecule has 0 saturated carbocycles. The van der Waals surface area contributed by atoms with E-state index in [2.05, 4.69) is 38.3 Å². The summed E-state index contributed by atoms with van der Waals surface area (Å²) in [7, 11) is 0. The van der Waals surface area contributed by atoms with Gasteiger partial charge in [-0.15, -0.1) is 35.3 Å². The number of hydrogen-bond acceptors (Lipinski definition) is 7. The zero-order chi connectivity index (χ0) is 21.3. The number of anilines is 1. The number of aromatic nitrogens is 2. The van der Waals surface area contributed by atoms with Crippen molar-refractivity contribution in [2.75, 3.05) is 31.6 Å². The molecule has 2 aromatic heterocycles. The first-order chi connectivity index (χ1) is 15.3. The molecular formula is C22H28IN5O3S. The predicted molar refractivity (Wildman–Crippen MR) is 137 cm³/mol. The highest BCUT2D eigenvalue weighted by atomic mass is 127. The van der Waals surface area contributed by atoms with Crippen molar-refractivity contribution in [3.63, 3.8) is 0 Å². The standard InChI is InChI=1S/C22H27N5O3S.HI/c1-16-25-21(30-27-16)6-2-10-23-22(24-11-9-18-5-3-14-31-18)26-17-7-8-19-20(15-17)29-13-4-12-28-19;/h3,5,7-8,14-15H,2,4,6,9-13H2,1H3,(H2,23,24,26);1H. The Bertz CT molecular complexity index is 993. The van der Waals surface area contributed by atoms with E-state index in [1.807, 2.05) is 25.1 Å². The van der Waals surface area contributed by atoms with E-state index in [-0.39, 0.29) is 24.0 Å². The maximum atomic E-state index is 5.80. The average Bonchev–Trinajstić information content (AvgIpc) is 3.37. The second-order valence-electron chi connectivity index (χ2n) is 7.16. The van der Waals surface area contributed by atoms with Gasteiger partial charge in [0.25, 0.3) is 0 Å². The molecule has 3 aromatic rings. The normalized spacial score (nSPS) is 13.2. The lowest BCUT2D eigenvalue weighted by Gasteiger charge is -2.14. The van der Waals surface area contributed by atoms with Crippen molar-refractivity contribution in [1.82, 2.24) is 15.5 Å². The Morgan fingerprint density at radius 2 is 2.03 bits per heavy atom. The van der Waals surface area contributed by atoms with E-state index in [4.69, 9.17) is 19.0 Å². The fourth-order valence-electron chi connectivity index (χ4n) is 3.14. The number of nitrogens with zero attached hydrogens (tertiary/aromatic N) is 3. The number of hydrogen-bond donors (Lipinski definition) is 2. The van der Waals surface area contributed by atoms with Gasteiger partial charge in [-0.3, -0.25) is 4.99 Å². The molecule has 0 saturated heterocycles. The number of benzene rings is 1. The third-order valence-corrected chi connectivity index (χ3v) is 5.58. The number of thiophene rings is 1. The molecule has 1 aliphatic rings. The third-order valence-electron chi connectivity index (χ3n) is 4.64. The van der Waals surface area contributed by atoms with Crippen LogP contribution in [0.1, 0.15) is 29.4 Å². The number of nitrogens with one attached hydrogen (secondary N) is 2. The number of aryl methyl sites for hydroxylation is 2. The van der Waals surface area contributed by atoms with Crippen molar-refractivity contribution in [3.05, 3.63) is 52.3 Å². The van der Waals surface area contributed by atoms with E-state index in [1.54, 1.807) is 11.3 Å². The Morgan fingerprint density at radius 3 is 2.81 bits per heavy atom. The lowest BCUT2D eigenvalue weighted by Crippen LogP contribution is -2.32. The van der Waals surface area contributed by atoms with Crippen molar-refractivity contribution in [1.29, 1.82) is 0 Å². The molecule has 0 unspecified atom stereocenters. The quantitative estimate of drug-likeness (QED) is 0.179. The average molecular weight is 569 g/mol. The lowest BCUT2D eigenvalue weighted by molar-refractivity contribution is 0.297. The van der Waals surface area contributed by atoms with Crippen LogP contribution in [0.25, 0.3) is 0 Å². The van der Waals surface area contributed by atoms with Gasteiger partial charge in [0.05, 0.1) is 13.2 Å². The Labute approximate surface area is 208 Å². The van der Waals surface area contributed by atoms with E-state index in [0.29, 0.717) is 37.9 Å². The maximum Gasteiger partial charge on any atom is 0.226 e. The van der Waals surface area contributed by atoms with Crippen LogP contribution in [0.2, 0.25) is 0 Å². The fraction of sp³-hybridized carbons (Fsp3) is 0.409. The molecule has 0 amide bonds. The molecule has 0 spiro atoms. The van der Waals surface area contributed by atoms with Gasteiger partial charge in [-0.05, 0) is 43.3 Å². The highest BCUT2D eigenvalue weighted by Gasteiger charge is 2.11. The number of ether oxygens (including phenoxy) is 2. The maximum absolute atomic E-state index is 5.80. The van der Waals surface area contributed by atoms with Gasteiger partial charge >= 0.3 is 0 Å². The third kappa shape index (κ3) is 7.37. The van der Waals surface area contributed by atoms with Gasteiger partial charge < -0.3 is 24.6 Å². The molecule has 8 nitrogen and oxygen atoms in total. The first-order valence-electron chi connectivity index (χ1n) is 10.5. The van der Waals surface area contributed by atoms with E-state index < -0.39 is 0 Å². The molecule has 2 N–H and O–H groups in total. The van der Waals surface area contributed by atoms with Gasteiger partial charge in [-0.2, -0.15) is 4.98 Å². The van der Waals surface area contributed by atoms with E-state index >= 15 is 0 Å². The molecule has 10 heteroatoms. The fourth-order valence-corrected chi connectivity index (χ4v) is 3.85. The summed E-state index contributed by atoms with van der Waals surface area (Å²) in [5.41, 5.74) is 0.902. The summed E-state index contributed by atoms with van der Waals surface area (Å²) in [4.78, 5) is 10.3. The monoisotopic (exact) mass is 569 g/mol. The summed E-state index contributed by atoms with van der Waals surface area (Å²) in [5, 5.41) is 12.7. The van der Waals surface area contributed by atoms with Crippen molar-refractivity contribution in [2.24, 2.45) is 4.99 Å². The number of guanidine groups is 1. The largest absolute Gasteiger partial charge is 0.490 e. The zero-order valence-corrected chi connectivity index (χ0v) is 21.2. The molecule has 1 aliphatic heterocycles. The van der Waals surface area contributed by atoms with Crippen molar-refractivity contribution >= 4 is 47.0 Å². The van der Waals surface area contributed by atoms with Gasteiger partial charge in [-0.25, -0.2) is 0 Å². The van der Waals surface area contributed by atoms with Gasteiger partial charge in [0.15, 0.2) is 23.3 Å². The number of aliphatic imine (C=N–C) groups is 1. The number of fused-ring (bicyclic) bond motifs is 1. The summed E-state index contributed by atoms with van der Waals surface area (Å²) in [6.45, 7) is 4.59. The molecule has 4 rings (SSSR count). The molecule has 1 aromatic carbocycles. The van der Waals surface area contributed by atoms with E-state index in [1.165, 1.54) is 4.88 Å². The summed E-state index contributed by atoms with van der Waals surface area (Å²) in [5.74, 6) is 3.57. The van der Waals surface area contributed by atoms with Gasteiger partial charge in [0, 0.05) is 42.6 Å². The lowest BCUT2D eigenvalue weighted by atomic mass is 10.2. The predicted octanol–water partition coefficient (Wildman–Crippen LogP) is 4.45. The van der Waals surface area contributed by atoms with Crippen LogP contribution >= 0.6 is 35.3 Å². The minimum atomic E-state index is 0. The van der Waals surface area contributed by atoms with E-state index in [9.17, 15) is 0 Å². The second kappa shape index (κ2) is 12.6. The van der Waals surface area contributed by atoms with Crippen LogP contribution in [0.4, 0.5) is 5.69 Å². The molecule has 3 heterocycles. The van der Waals surface area contributed by atoms with Crippen molar-refractivity contribution < 1.29 is 14.0 Å². The van der Waals surface area contributed by atoms with Crippen molar-refractivity contribution in [3.8, 4) is 11.5 Å². The first-order valence-corrected chi connectivity index (χ1v) is 11.4. The molecule has 0 bridgehead atoms. The van der Waals surface area contributed by atoms with Gasteiger partial charge in [0.1, 0.15) is 0 Å². The van der Waals surface area contributed by atoms with Crippen LogP contribution in [0.5, 0.6) is 11.5 Å². The summed E-state index contributed by atoms with van der Waals surface area (Å²) >= 11 is 1.76. The second-order valence-corrected chi connectivity index (χ2v) is 8.19. The molecule has 32 heavy (non-hydrogen) atoms. The van der Waals surface area contributed by atoms with Gasteiger partial charge in [0.2, 0.25) is 5.89 Å². The number of rotatable bonds is 8. The van der Waals surface area contributed by atoms with Crippen LogP contribution < -0.4 is 20.1 Å². The first kappa shape index (κ1) is 24.3. The molecule has 172 valence electrons. The van der Waals surface area contributed by atoms with Crippen molar-refractivity contribution in [2.45, 2.75) is 32.6 Å². The Hall–Kier alpha value is -2.34. The summed E-state index contributed by atoms with van der Waals surface area (Å²) < 4.78 is 16.7. The highest BCUT2D eigenvalue weighted by molar-refractivity contribution is 14.0. The molecule has 0 atom stereocenters. The summed E-state index contributed by atoms with van der Waals surface area (Å²) in [6.07, 6.45) is 3.35. The van der Waals surface area contributed by atoms with Crippen LogP contribution in [0, 0.1) is 6.92 Å². The minimum absolute atomic E-state index is 0. The zero-order valence-electron chi connectivity index (χ0n) is 18.0. The van der Waals surface area contributed by atoms with Crippen LogP contribution in [0.3, 0.4) is 0 Å². The van der Waals surface area contributed by atoms with Crippen LogP contribution in [0.15, 0.2) is 45.2 Å². The van der Waals surface area contributed by atoms with Crippen LogP contribution in [-0.2, 0) is 12.8 Å². The smallest absolute Gasteiger partial charge is 0.226 e. The van der Waals surface area contributed by atoms with Crippen LogP contribution in [-0.4, -0.2) is 42.4 Å². The minimum Gasteiger partial charge on any atom is -0.490 e. The Kier molecular flexibility index (Phi) is 9.60.